The predicted molar refractivity (Wildman–Crippen MR) is 105 cm³/mol. The zero-order chi connectivity index (χ0) is 19.9. The van der Waals surface area contributed by atoms with E-state index in [1.807, 2.05) is 13.8 Å². The molecule has 0 aromatic heterocycles. The summed E-state index contributed by atoms with van der Waals surface area (Å²) in [6.45, 7) is 7.18. The second-order valence-electron chi connectivity index (χ2n) is 6.62. The van der Waals surface area contributed by atoms with Gasteiger partial charge in [-0.25, -0.2) is 8.42 Å². The summed E-state index contributed by atoms with van der Waals surface area (Å²) in [5, 5.41) is 0. The molecule has 152 valence electrons. The van der Waals surface area contributed by atoms with E-state index in [0.29, 0.717) is 57.7 Å². The number of ether oxygens (including phenoxy) is 1. The van der Waals surface area contributed by atoms with Crippen LogP contribution in [0.25, 0.3) is 0 Å². The number of carbonyl (C=O) groups excluding carboxylic acids is 1. The molecule has 0 bridgehead atoms. The zero-order valence-corrected chi connectivity index (χ0v) is 17.1. The van der Waals surface area contributed by atoms with Gasteiger partial charge in [-0.05, 0) is 63.9 Å². The second-order valence-corrected chi connectivity index (χ2v) is 8.56. The molecule has 2 rings (SSSR count). The van der Waals surface area contributed by atoms with Crippen LogP contribution in [0.3, 0.4) is 0 Å². The molecule has 1 fully saturated rings. The van der Waals surface area contributed by atoms with Crippen molar-refractivity contribution < 1.29 is 17.9 Å². The Morgan fingerprint density at radius 2 is 1.78 bits per heavy atom. The van der Waals surface area contributed by atoms with Gasteiger partial charge in [-0.15, -0.1) is 0 Å². The molecule has 7 nitrogen and oxygen atoms in total. The summed E-state index contributed by atoms with van der Waals surface area (Å²) < 4.78 is 32.9. The third kappa shape index (κ3) is 5.51. The highest BCUT2D eigenvalue weighted by Gasteiger charge is 2.29. The summed E-state index contributed by atoms with van der Waals surface area (Å²) in [4.78, 5) is 14.3. The number of rotatable bonds is 9. The van der Waals surface area contributed by atoms with E-state index in [1.165, 1.54) is 16.4 Å². The number of hydrogen-bond acceptors (Lipinski definition) is 5. The minimum Gasteiger partial charge on any atom is -0.378 e. The van der Waals surface area contributed by atoms with Crippen molar-refractivity contribution in [2.24, 2.45) is 5.73 Å². The topological polar surface area (TPSA) is 92.9 Å². The Bertz CT molecular complexity index is 694. The highest BCUT2D eigenvalue weighted by molar-refractivity contribution is 7.89. The fraction of sp³-hybridized carbons (Fsp3) is 0.632. The van der Waals surface area contributed by atoms with Crippen molar-refractivity contribution in [3.05, 3.63) is 29.8 Å². The smallest absolute Gasteiger partial charge is 0.253 e. The third-order valence-electron chi connectivity index (χ3n) is 4.89. The van der Waals surface area contributed by atoms with Crippen molar-refractivity contribution in [2.45, 2.75) is 44.1 Å². The number of hydrogen-bond donors (Lipinski definition) is 1. The summed E-state index contributed by atoms with van der Waals surface area (Å²) in [5.74, 6) is -0.0839. The molecule has 2 N–H and O–H groups in total. The number of benzene rings is 1. The molecule has 0 unspecified atom stereocenters. The van der Waals surface area contributed by atoms with E-state index in [2.05, 4.69) is 0 Å². The van der Waals surface area contributed by atoms with Gasteiger partial charge in [0.2, 0.25) is 10.0 Å². The normalized spacial score (nSPS) is 16.4. The molecule has 1 heterocycles. The van der Waals surface area contributed by atoms with Gasteiger partial charge >= 0.3 is 0 Å². The van der Waals surface area contributed by atoms with E-state index < -0.39 is 10.0 Å². The van der Waals surface area contributed by atoms with E-state index in [4.69, 9.17) is 10.5 Å². The Labute approximate surface area is 162 Å². The molecule has 1 aromatic carbocycles. The summed E-state index contributed by atoms with van der Waals surface area (Å²) >= 11 is 0. The molecule has 0 aliphatic carbocycles. The summed E-state index contributed by atoms with van der Waals surface area (Å²) in [6.07, 6.45) is 2.28. The number of sulfonamides is 1. The van der Waals surface area contributed by atoms with Gasteiger partial charge in [0.25, 0.3) is 5.91 Å². The van der Waals surface area contributed by atoms with Crippen molar-refractivity contribution in [1.29, 1.82) is 0 Å². The first-order valence-corrected chi connectivity index (χ1v) is 11.1. The minimum atomic E-state index is -3.55. The van der Waals surface area contributed by atoms with Crippen LogP contribution in [-0.4, -0.2) is 69.0 Å². The lowest BCUT2D eigenvalue weighted by molar-refractivity contribution is 0.0209. The van der Waals surface area contributed by atoms with Gasteiger partial charge in [-0.3, -0.25) is 4.79 Å². The lowest BCUT2D eigenvalue weighted by Crippen LogP contribution is -2.41. The number of piperidine rings is 1. The molecule has 1 saturated heterocycles. The van der Waals surface area contributed by atoms with Gasteiger partial charge in [0.05, 0.1) is 11.0 Å². The van der Waals surface area contributed by atoms with E-state index >= 15 is 0 Å². The van der Waals surface area contributed by atoms with Gasteiger partial charge in [0.1, 0.15) is 0 Å². The van der Waals surface area contributed by atoms with Crippen molar-refractivity contribution in [3.8, 4) is 0 Å². The van der Waals surface area contributed by atoms with Crippen LogP contribution in [-0.2, 0) is 14.8 Å². The minimum absolute atomic E-state index is 0.0839. The summed E-state index contributed by atoms with van der Waals surface area (Å²) in [7, 11) is -3.55. The quantitative estimate of drug-likeness (QED) is 0.640. The first-order valence-electron chi connectivity index (χ1n) is 9.65. The van der Waals surface area contributed by atoms with Gasteiger partial charge in [-0.2, -0.15) is 4.31 Å². The van der Waals surface area contributed by atoms with Crippen LogP contribution < -0.4 is 5.73 Å². The molecular weight excluding hydrogens is 366 g/mol. The lowest BCUT2D eigenvalue weighted by Gasteiger charge is -2.31. The molecule has 1 aliphatic heterocycles. The van der Waals surface area contributed by atoms with Gasteiger partial charge in [-0.1, -0.05) is 0 Å². The number of carbonyl (C=O) groups is 1. The molecule has 0 spiro atoms. The zero-order valence-electron chi connectivity index (χ0n) is 16.3. The van der Waals surface area contributed by atoms with Crippen molar-refractivity contribution in [3.63, 3.8) is 0 Å². The maximum atomic E-state index is 12.9. The molecule has 0 atom stereocenters. The molecule has 27 heavy (non-hydrogen) atoms. The number of nitrogens with two attached hydrogens (primary N) is 1. The molecule has 0 radical (unpaired) electrons. The van der Waals surface area contributed by atoms with Crippen molar-refractivity contribution >= 4 is 15.9 Å². The first kappa shape index (κ1) is 21.8. The highest BCUT2D eigenvalue weighted by Crippen LogP contribution is 2.22. The molecule has 1 aliphatic rings. The van der Waals surface area contributed by atoms with Gasteiger partial charge in [0, 0.05) is 38.3 Å². The molecule has 1 amide bonds. The SMILES string of the molecule is CCN(CC)C(=O)c1ccc(S(=O)(=O)N2CCC(OCCCN)CC2)cc1. The molecule has 0 saturated carbocycles. The predicted octanol–water partition coefficient (Wildman–Crippen LogP) is 1.69. The average molecular weight is 398 g/mol. The van der Waals surface area contributed by atoms with E-state index in [1.54, 1.807) is 17.0 Å². The Morgan fingerprint density at radius 1 is 1.19 bits per heavy atom. The van der Waals surface area contributed by atoms with Crippen molar-refractivity contribution in [2.75, 3.05) is 39.3 Å². The first-order chi connectivity index (χ1) is 12.9. The fourth-order valence-corrected chi connectivity index (χ4v) is 4.65. The van der Waals surface area contributed by atoms with Crippen LogP contribution in [0, 0.1) is 0 Å². The largest absolute Gasteiger partial charge is 0.378 e. The number of nitrogens with zero attached hydrogens (tertiary/aromatic N) is 2. The summed E-state index contributed by atoms with van der Waals surface area (Å²) in [5.41, 5.74) is 5.96. The lowest BCUT2D eigenvalue weighted by atomic mass is 10.1. The maximum absolute atomic E-state index is 12.9. The van der Waals surface area contributed by atoms with E-state index in [0.717, 1.165) is 6.42 Å². The molecule has 1 aromatic rings. The van der Waals surface area contributed by atoms with Crippen LogP contribution in [0.1, 0.15) is 43.5 Å². The number of amides is 1. The summed E-state index contributed by atoms with van der Waals surface area (Å²) in [6, 6.07) is 6.23. The van der Waals surface area contributed by atoms with E-state index in [9.17, 15) is 13.2 Å². The third-order valence-corrected chi connectivity index (χ3v) is 6.81. The Balaban J connectivity index is 2.00. The highest BCUT2D eigenvalue weighted by atomic mass is 32.2. The van der Waals surface area contributed by atoms with Crippen LogP contribution in [0.5, 0.6) is 0 Å². The Morgan fingerprint density at radius 3 is 2.30 bits per heavy atom. The van der Waals surface area contributed by atoms with Crippen LogP contribution >= 0.6 is 0 Å². The molecular formula is C19H31N3O4S. The maximum Gasteiger partial charge on any atom is 0.253 e. The van der Waals surface area contributed by atoms with Gasteiger partial charge < -0.3 is 15.4 Å². The standard InChI is InChI=1S/C19H31N3O4S/c1-3-21(4-2)19(23)16-6-8-18(9-7-16)27(24,25)22-13-10-17(11-14-22)26-15-5-12-20/h6-9,17H,3-5,10-15,20H2,1-2H3. The Kier molecular flexibility index (Phi) is 8.22. The monoisotopic (exact) mass is 397 g/mol. The van der Waals surface area contributed by atoms with Crippen molar-refractivity contribution in [1.82, 2.24) is 9.21 Å². The second kappa shape index (κ2) is 10.2. The van der Waals surface area contributed by atoms with Gasteiger partial charge in [0.15, 0.2) is 0 Å². The van der Waals surface area contributed by atoms with E-state index in [-0.39, 0.29) is 16.9 Å². The fourth-order valence-electron chi connectivity index (χ4n) is 3.18. The molecule has 8 heteroatoms. The van der Waals surface area contributed by atoms with Crippen LogP contribution in [0.4, 0.5) is 0 Å². The van der Waals surface area contributed by atoms with Crippen LogP contribution in [0.2, 0.25) is 0 Å². The van der Waals surface area contributed by atoms with Crippen LogP contribution in [0.15, 0.2) is 29.2 Å². The average Bonchev–Trinajstić information content (AvgIpc) is 2.69. The Hall–Kier alpha value is -1.48.